The zero-order valence-corrected chi connectivity index (χ0v) is 39.5. The van der Waals surface area contributed by atoms with E-state index in [4.69, 9.17) is 14.2 Å². The zero-order valence-electron chi connectivity index (χ0n) is 39.5. The van der Waals surface area contributed by atoms with E-state index in [1.54, 1.807) is 0 Å². The highest BCUT2D eigenvalue weighted by atomic mass is 16.6. The van der Waals surface area contributed by atoms with Gasteiger partial charge < -0.3 is 14.2 Å². The first kappa shape index (κ1) is 56.4. The van der Waals surface area contributed by atoms with Crippen LogP contribution in [0.3, 0.4) is 0 Å². The molecule has 0 radical (unpaired) electrons. The van der Waals surface area contributed by atoms with Crippen LogP contribution in [0.1, 0.15) is 291 Å². The van der Waals surface area contributed by atoms with Gasteiger partial charge in [-0.2, -0.15) is 0 Å². The van der Waals surface area contributed by atoms with E-state index in [1.165, 1.54) is 186 Å². The minimum absolute atomic E-state index is 0.0627. The molecule has 0 bridgehead atoms. The molecule has 0 aromatic carbocycles. The molecule has 1 atom stereocenters. The van der Waals surface area contributed by atoms with Crippen LogP contribution in [-0.4, -0.2) is 37.2 Å². The predicted molar refractivity (Wildman–Crippen MR) is 247 cm³/mol. The highest BCUT2D eigenvalue weighted by Crippen LogP contribution is 2.17. The first-order valence-corrected chi connectivity index (χ1v) is 25.9. The lowest BCUT2D eigenvalue weighted by molar-refractivity contribution is -0.167. The largest absolute Gasteiger partial charge is 0.462 e. The zero-order chi connectivity index (χ0) is 42.4. The van der Waals surface area contributed by atoms with Crippen molar-refractivity contribution in [3.8, 4) is 0 Å². The van der Waals surface area contributed by atoms with Crippen LogP contribution in [0.4, 0.5) is 0 Å². The maximum atomic E-state index is 12.8. The Kier molecular flexibility index (Phi) is 45.2. The van der Waals surface area contributed by atoms with Crippen molar-refractivity contribution in [2.24, 2.45) is 5.92 Å². The molecule has 0 aliphatic rings. The van der Waals surface area contributed by atoms with Gasteiger partial charge in [0.2, 0.25) is 0 Å². The Labute approximate surface area is 361 Å². The molecule has 0 aliphatic carbocycles. The molecule has 0 amide bonds. The van der Waals surface area contributed by atoms with Crippen molar-refractivity contribution in [3.63, 3.8) is 0 Å². The topological polar surface area (TPSA) is 78.9 Å². The van der Waals surface area contributed by atoms with E-state index in [1.807, 2.05) is 0 Å². The van der Waals surface area contributed by atoms with E-state index in [2.05, 4.69) is 27.7 Å². The van der Waals surface area contributed by atoms with Crippen molar-refractivity contribution in [2.45, 2.75) is 297 Å². The fraction of sp³-hybridized carbons (Fsp3) is 0.942. The molecule has 0 aromatic heterocycles. The Hall–Kier alpha value is -1.59. The van der Waals surface area contributed by atoms with Crippen molar-refractivity contribution in [3.05, 3.63) is 0 Å². The Bertz CT molecular complexity index is 872. The lowest BCUT2D eigenvalue weighted by Gasteiger charge is -2.18. The average Bonchev–Trinajstić information content (AvgIpc) is 3.21. The molecule has 0 spiro atoms. The van der Waals surface area contributed by atoms with Crippen molar-refractivity contribution < 1.29 is 28.6 Å². The fourth-order valence-corrected chi connectivity index (χ4v) is 7.86. The molecule has 58 heavy (non-hydrogen) atoms. The van der Waals surface area contributed by atoms with E-state index in [0.29, 0.717) is 19.3 Å². The number of hydrogen-bond acceptors (Lipinski definition) is 6. The molecule has 0 heterocycles. The molecule has 0 saturated carbocycles. The van der Waals surface area contributed by atoms with E-state index in [-0.39, 0.29) is 31.1 Å². The van der Waals surface area contributed by atoms with Crippen LogP contribution < -0.4 is 0 Å². The normalized spacial score (nSPS) is 11.9. The van der Waals surface area contributed by atoms with Crippen LogP contribution in [0.25, 0.3) is 0 Å². The molecule has 0 fully saturated rings. The number of carbonyl (C=O) groups excluding carboxylic acids is 3. The summed E-state index contributed by atoms with van der Waals surface area (Å²) < 4.78 is 16.8. The molecule has 0 unspecified atom stereocenters. The molecule has 0 aliphatic heterocycles. The summed E-state index contributed by atoms with van der Waals surface area (Å²) in [5, 5.41) is 0. The van der Waals surface area contributed by atoms with E-state index in [9.17, 15) is 14.4 Å². The highest BCUT2D eigenvalue weighted by molar-refractivity contribution is 5.71. The highest BCUT2D eigenvalue weighted by Gasteiger charge is 2.19. The van der Waals surface area contributed by atoms with Gasteiger partial charge in [-0.15, -0.1) is 0 Å². The Morgan fingerprint density at radius 1 is 0.328 bits per heavy atom. The Balaban J connectivity index is 4.30. The van der Waals surface area contributed by atoms with E-state index >= 15 is 0 Å². The lowest BCUT2D eigenvalue weighted by Crippen LogP contribution is -2.30. The first-order chi connectivity index (χ1) is 28.4. The summed E-state index contributed by atoms with van der Waals surface area (Å²) in [6, 6.07) is 0. The molecule has 6 heteroatoms. The van der Waals surface area contributed by atoms with E-state index in [0.717, 1.165) is 63.7 Å². The monoisotopic (exact) mass is 821 g/mol. The van der Waals surface area contributed by atoms with Gasteiger partial charge in [0.05, 0.1) is 0 Å². The summed E-state index contributed by atoms with van der Waals surface area (Å²) in [6.45, 7) is 9.02. The van der Waals surface area contributed by atoms with Gasteiger partial charge in [-0.1, -0.05) is 252 Å². The number of carbonyl (C=O) groups is 3. The van der Waals surface area contributed by atoms with Crippen molar-refractivity contribution in [1.29, 1.82) is 0 Å². The van der Waals surface area contributed by atoms with Crippen molar-refractivity contribution in [2.75, 3.05) is 13.2 Å². The minimum atomic E-state index is -0.760. The van der Waals surface area contributed by atoms with Crippen LogP contribution in [0.2, 0.25) is 0 Å². The predicted octanol–water partition coefficient (Wildman–Crippen LogP) is 16.7. The van der Waals surface area contributed by atoms with Crippen LogP contribution >= 0.6 is 0 Å². The molecule has 0 aromatic rings. The standard InChI is InChI=1S/C52H100O6/c1-5-7-9-11-13-15-17-18-19-24-28-32-36-40-44-51(54)57-47-49(46-56-50(53)43-39-35-31-27-22-16-14-12-10-8-6-2)58-52(55)45-41-37-33-29-25-21-20-23-26-30-34-38-42-48(3)4/h48-49H,5-47H2,1-4H3/t49-/m0/s1. The maximum Gasteiger partial charge on any atom is 0.306 e. The molecule has 0 saturated heterocycles. The second-order valence-corrected chi connectivity index (χ2v) is 18.3. The third-order valence-corrected chi connectivity index (χ3v) is 11.8. The quantitative estimate of drug-likeness (QED) is 0.0346. The fourth-order valence-electron chi connectivity index (χ4n) is 7.86. The molecule has 6 nitrogen and oxygen atoms in total. The van der Waals surface area contributed by atoms with Gasteiger partial charge >= 0.3 is 17.9 Å². The van der Waals surface area contributed by atoms with Gasteiger partial charge in [0.15, 0.2) is 6.10 Å². The van der Waals surface area contributed by atoms with Crippen molar-refractivity contribution in [1.82, 2.24) is 0 Å². The van der Waals surface area contributed by atoms with Gasteiger partial charge in [-0.25, -0.2) is 0 Å². The number of ether oxygens (including phenoxy) is 3. The number of esters is 3. The summed E-state index contributed by atoms with van der Waals surface area (Å²) in [5.41, 5.74) is 0. The third-order valence-electron chi connectivity index (χ3n) is 11.8. The SMILES string of the molecule is CCCCCCCCCCCCCCCCC(=O)OC[C@H](COC(=O)CCCCCCCCCCCCC)OC(=O)CCCCCCCCCCCCCCC(C)C. The maximum absolute atomic E-state index is 12.8. The van der Waals surface area contributed by atoms with Crippen molar-refractivity contribution >= 4 is 17.9 Å². The lowest BCUT2D eigenvalue weighted by atomic mass is 10.0. The Morgan fingerprint density at radius 3 is 0.845 bits per heavy atom. The van der Waals surface area contributed by atoms with Crippen LogP contribution in [0.5, 0.6) is 0 Å². The average molecular weight is 821 g/mol. The summed E-state index contributed by atoms with van der Waals surface area (Å²) >= 11 is 0. The number of rotatable bonds is 47. The summed E-state index contributed by atoms with van der Waals surface area (Å²) in [6.07, 6.45) is 48.0. The number of unbranched alkanes of at least 4 members (excludes halogenated alkanes) is 34. The van der Waals surface area contributed by atoms with Gasteiger partial charge in [0, 0.05) is 19.3 Å². The summed E-state index contributed by atoms with van der Waals surface area (Å²) in [4.78, 5) is 37.9. The van der Waals surface area contributed by atoms with Gasteiger partial charge in [-0.05, 0) is 25.2 Å². The summed E-state index contributed by atoms with van der Waals surface area (Å²) in [7, 11) is 0. The third kappa shape index (κ3) is 45.5. The minimum Gasteiger partial charge on any atom is -0.462 e. The first-order valence-electron chi connectivity index (χ1n) is 25.9. The van der Waals surface area contributed by atoms with Crippen LogP contribution in [0.15, 0.2) is 0 Å². The molecule has 0 N–H and O–H groups in total. The van der Waals surface area contributed by atoms with Crippen LogP contribution in [0, 0.1) is 5.92 Å². The number of hydrogen-bond donors (Lipinski definition) is 0. The Morgan fingerprint density at radius 2 is 0.569 bits per heavy atom. The smallest absolute Gasteiger partial charge is 0.306 e. The van der Waals surface area contributed by atoms with Crippen LogP contribution in [-0.2, 0) is 28.6 Å². The van der Waals surface area contributed by atoms with E-state index < -0.39 is 6.10 Å². The second kappa shape index (κ2) is 46.5. The van der Waals surface area contributed by atoms with Gasteiger partial charge in [0.25, 0.3) is 0 Å². The molecular formula is C52H100O6. The second-order valence-electron chi connectivity index (χ2n) is 18.3. The summed E-state index contributed by atoms with van der Waals surface area (Å²) in [5.74, 6) is -0.0123. The molecule has 344 valence electrons. The van der Waals surface area contributed by atoms with Gasteiger partial charge in [0.1, 0.15) is 13.2 Å². The molecular weight excluding hydrogens is 721 g/mol. The van der Waals surface area contributed by atoms with Gasteiger partial charge in [-0.3, -0.25) is 14.4 Å². The molecule has 0 rings (SSSR count).